The van der Waals surface area contributed by atoms with E-state index in [1.807, 2.05) is 44.2 Å². The maximum Gasteiger partial charge on any atom is 0.294 e. The molecule has 0 bridgehead atoms. The molecule has 0 fully saturated rings. The normalized spacial score (nSPS) is 15.8. The molecule has 0 radical (unpaired) electrons. The summed E-state index contributed by atoms with van der Waals surface area (Å²) in [5.41, 5.74) is 3.67. The third kappa shape index (κ3) is 3.91. The molecule has 0 spiro atoms. The first-order chi connectivity index (χ1) is 16.8. The van der Waals surface area contributed by atoms with Gasteiger partial charge < -0.3 is 14.3 Å². The molecular weight excluding hydrogens is 510 g/mol. The predicted octanol–water partition coefficient (Wildman–Crippen LogP) is 6.60. The van der Waals surface area contributed by atoms with Crippen molar-refractivity contribution in [3.63, 3.8) is 0 Å². The lowest BCUT2D eigenvalue weighted by Crippen LogP contribution is -2.31. The molecule has 176 valence electrons. The van der Waals surface area contributed by atoms with E-state index in [2.05, 4.69) is 15.9 Å². The quantitative estimate of drug-likeness (QED) is 0.293. The van der Waals surface area contributed by atoms with Crippen molar-refractivity contribution in [2.75, 3.05) is 12.0 Å². The number of furan rings is 1. The SMILES string of the molecule is COc1ccc(C2C(C(=O)c3cc4cc(Br)ccc4o3)=C(O)C(=O)N2c2ccc(C)cc2C)cc1. The number of benzene rings is 3. The van der Waals surface area contributed by atoms with Crippen LogP contribution < -0.4 is 9.64 Å². The molecule has 0 saturated carbocycles. The molecule has 6 nitrogen and oxygen atoms in total. The van der Waals surface area contributed by atoms with Gasteiger partial charge in [0, 0.05) is 15.5 Å². The number of carbonyl (C=O) groups excluding carboxylic acids is 2. The number of ether oxygens (including phenoxy) is 1. The van der Waals surface area contributed by atoms with Crippen LogP contribution in [0.5, 0.6) is 5.75 Å². The zero-order chi connectivity index (χ0) is 24.9. The van der Waals surface area contributed by atoms with Crippen molar-refractivity contribution >= 4 is 44.3 Å². The van der Waals surface area contributed by atoms with Crippen molar-refractivity contribution < 1.29 is 23.8 Å². The zero-order valence-corrected chi connectivity index (χ0v) is 20.9. The van der Waals surface area contributed by atoms with Crippen LogP contribution in [0.15, 0.2) is 87.0 Å². The molecule has 3 aromatic carbocycles. The van der Waals surface area contributed by atoms with E-state index in [0.717, 1.165) is 21.0 Å². The summed E-state index contributed by atoms with van der Waals surface area (Å²) in [4.78, 5) is 28.6. The highest BCUT2D eigenvalue weighted by Gasteiger charge is 2.45. The average Bonchev–Trinajstić information content (AvgIpc) is 3.37. The molecule has 1 N–H and O–H groups in total. The van der Waals surface area contributed by atoms with E-state index in [1.165, 1.54) is 4.90 Å². The van der Waals surface area contributed by atoms with Crippen molar-refractivity contribution in [2.24, 2.45) is 0 Å². The fraction of sp³-hybridized carbons (Fsp3) is 0.143. The molecule has 1 unspecified atom stereocenters. The van der Waals surface area contributed by atoms with Gasteiger partial charge in [0.1, 0.15) is 11.3 Å². The molecule has 1 aliphatic rings. The van der Waals surface area contributed by atoms with E-state index in [4.69, 9.17) is 9.15 Å². The molecule has 1 atom stereocenters. The van der Waals surface area contributed by atoms with Crippen molar-refractivity contribution in [3.05, 3.63) is 105 Å². The van der Waals surface area contributed by atoms with Gasteiger partial charge in [0.05, 0.1) is 18.7 Å². The summed E-state index contributed by atoms with van der Waals surface area (Å²) in [6, 6.07) is 19.0. The molecule has 7 heteroatoms. The number of ketones is 1. The smallest absolute Gasteiger partial charge is 0.294 e. The Morgan fingerprint density at radius 3 is 2.46 bits per heavy atom. The number of halogens is 1. The Hall–Kier alpha value is -3.84. The number of carbonyl (C=O) groups is 2. The molecule has 1 amide bonds. The minimum Gasteiger partial charge on any atom is -0.503 e. The number of aliphatic hydroxyl groups is 1. The van der Waals surface area contributed by atoms with Crippen LogP contribution in [0.25, 0.3) is 11.0 Å². The summed E-state index contributed by atoms with van der Waals surface area (Å²) in [6.45, 7) is 3.86. The molecule has 35 heavy (non-hydrogen) atoms. The molecule has 0 saturated heterocycles. The molecule has 0 aliphatic carbocycles. The number of hydrogen-bond acceptors (Lipinski definition) is 5. The van der Waals surface area contributed by atoms with Crippen molar-refractivity contribution in [3.8, 4) is 5.75 Å². The van der Waals surface area contributed by atoms with Crippen LogP contribution in [0.2, 0.25) is 0 Å². The summed E-state index contributed by atoms with van der Waals surface area (Å²) in [5.74, 6) is -1.08. The lowest BCUT2D eigenvalue weighted by Gasteiger charge is -2.28. The van der Waals surface area contributed by atoms with Crippen LogP contribution in [0.3, 0.4) is 0 Å². The summed E-state index contributed by atoms with van der Waals surface area (Å²) < 4.78 is 11.9. The molecule has 4 aromatic rings. The largest absolute Gasteiger partial charge is 0.503 e. The third-order valence-electron chi connectivity index (χ3n) is 6.20. The van der Waals surface area contributed by atoms with Crippen molar-refractivity contribution in [1.29, 1.82) is 0 Å². The molecule has 1 aromatic heterocycles. The van der Waals surface area contributed by atoms with E-state index >= 15 is 0 Å². The van der Waals surface area contributed by atoms with Crippen LogP contribution in [0.1, 0.15) is 33.3 Å². The van der Waals surface area contributed by atoms with Gasteiger partial charge in [-0.3, -0.25) is 14.5 Å². The van der Waals surface area contributed by atoms with Gasteiger partial charge in [0.15, 0.2) is 11.5 Å². The number of methoxy groups -OCH3 is 1. The van der Waals surface area contributed by atoms with Gasteiger partial charge in [-0.05, 0) is 67.4 Å². The highest BCUT2D eigenvalue weighted by Crippen LogP contribution is 2.43. The Kier molecular flexibility index (Phi) is 5.73. The maximum atomic E-state index is 13.8. The van der Waals surface area contributed by atoms with Crippen LogP contribution in [0.4, 0.5) is 5.69 Å². The van der Waals surface area contributed by atoms with Gasteiger partial charge in [0.25, 0.3) is 5.91 Å². The highest BCUT2D eigenvalue weighted by atomic mass is 79.9. The van der Waals surface area contributed by atoms with Crippen LogP contribution >= 0.6 is 15.9 Å². The lowest BCUT2D eigenvalue weighted by molar-refractivity contribution is -0.117. The fourth-order valence-electron chi connectivity index (χ4n) is 4.52. The van der Waals surface area contributed by atoms with E-state index < -0.39 is 23.5 Å². The Morgan fingerprint density at radius 2 is 1.77 bits per heavy atom. The highest BCUT2D eigenvalue weighted by molar-refractivity contribution is 9.10. The van der Waals surface area contributed by atoms with E-state index in [0.29, 0.717) is 22.6 Å². The number of aryl methyl sites for hydroxylation is 2. The zero-order valence-electron chi connectivity index (χ0n) is 19.3. The van der Waals surface area contributed by atoms with Crippen LogP contribution in [0, 0.1) is 13.8 Å². The maximum absolute atomic E-state index is 13.8. The van der Waals surface area contributed by atoms with Crippen LogP contribution in [-0.2, 0) is 4.79 Å². The molecule has 5 rings (SSSR count). The second kappa shape index (κ2) is 8.74. The standard InChI is InChI=1S/C28H22BrNO5/c1-15-4-10-21(16(2)12-15)30-25(17-5-8-20(34-3)9-6-17)24(27(32)28(30)33)26(31)23-14-18-13-19(29)7-11-22(18)35-23/h4-14,25,32H,1-3H3. The predicted molar refractivity (Wildman–Crippen MR) is 137 cm³/mol. The number of hydrogen-bond donors (Lipinski definition) is 1. The van der Waals surface area contributed by atoms with Crippen LogP contribution in [-0.4, -0.2) is 23.9 Å². The average molecular weight is 532 g/mol. The second-order valence-corrected chi connectivity index (χ2v) is 9.44. The summed E-state index contributed by atoms with van der Waals surface area (Å²) in [5, 5.41) is 11.7. The second-order valence-electron chi connectivity index (χ2n) is 8.52. The van der Waals surface area contributed by atoms with E-state index in [9.17, 15) is 14.7 Å². The van der Waals surface area contributed by atoms with Gasteiger partial charge in [0.2, 0.25) is 5.78 Å². The van der Waals surface area contributed by atoms with Gasteiger partial charge in [-0.2, -0.15) is 0 Å². The summed E-state index contributed by atoms with van der Waals surface area (Å²) in [7, 11) is 1.57. The number of fused-ring (bicyclic) bond motifs is 1. The number of nitrogens with zero attached hydrogens (tertiary/aromatic N) is 1. The minimum absolute atomic E-state index is 0.0294. The lowest BCUT2D eigenvalue weighted by atomic mass is 9.94. The Morgan fingerprint density at radius 1 is 1.03 bits per heavy atom. The third-order valence-corrected chi connectivity index (χ3v) is 6.69. The van der Waals surface area contributed by atoms with Crippen molar-refractivity contribution in [1.82, 2.24) is 0 Å². The topological polar surface area (TPSA) is 80.0 Å². The molecular formula is C28H22BrNO5. The number of anilines is 1. The number of aliphatic hydroxyl groups excluding tert-OH is 1. The monoisotopic (exact) mass is 531 g/mol. The Bertz CT molecular complexity index is 1520. The molecule has 2 heterocycles. The first-order valence-electron chi connectivity index (χ1n) is 11.0. The molecule has 1 aliphatic heterocycles. The Labute approximate surface area is 210 Å². The Balaban J connectivity index is 1.67. The van der Waals surface area contributed by atoms with Gasteiger partial charge >= 0.3 is 0 Å². The van der Waals surface area contributed by atoms with E-state index in [-0.39, 0.29) is 11.3 Å². The van der Waals surface area contributed by atoms with Gasteiger partial charge in [-0.25, -0.2) is 0 Å². The number of rotatable bonds is 5. The summed E-state index contributed by atoms with van der Waals surface area (Å²) >= 11 is 3.42. The fourth-order valence-corrected chi connectivity index (χ4v) is 4.90. The van der Waals surface area contributed by atoms with Gasteiger partial charge in [-0.1, -0.05) is 45.8 Å². The summed E-state index contributed by atoms with van der Waals surface area (Å²) in [6.07, 6.45) is 0. The first-order valence-corrected chi connectivity index (χ1v) is 11.8. The number of amides is 1. The number of Topliss-reactive ketones (excluding diaryl/α,β-unsaturated/α-hetero) is 1. The van der Waals surface area contributed by atoms with Crippen molar-refractivity contribution in [2.45, 2.75) is 19.9 Å². The van der Waals surface area contributed by atoms with E-state index in [1.54, 1.807) is 43.5 Å². The minimum atomic E-state index is -0.845. The first kappa shape index (κ1) is 22.9. The van der Waals surface area contributed by atoms with Gasteiger partial charge in [-0.15, -0.1) is 0 Å².